The van der Waals surface area contributed by atoms with Crippen LogP contribution in [0.5, 0.6) is 0 Å². The van der Waals surface area contributed by atoms with Crippen LogP contribution in [0, 0.1) is 0 Å². The second-order valence-corrected chi connectivity index (χ2v) is 11.7. The molecule has 2 amide bonds. The number of nitrogens with zero attached hydrogens (tertiary/aromatic N) is 6. The summed E-state index contributed by atoms with van der Waals surface area (Å²) in [6.07, 6.45) is 5.14. The molecule has 7 rings (SSSR count). The molecule has 4 aromatic rings. The number of carbonyl (C=O) groups excluding carboxylic acids is 2. The number of alkyl halides is 3. The van der Waals surface area contributed by atoms with E-state index in [4.69, 9.17) is 10.7 Å². The van der Waals surface area contributed by atoms with Crippen molar-refractivity contribution in [3.63, 3.8) is 0 Å². The summed E-state index contributed by atoms with van der Waals surface area (Å²) in [6.45, 7) is 0.607. The fourth-order valence-electron chi connectivity index (χ4n) is 6.92. The maximum absolute atomic E-state index is 13.7. The Labute approximate surface area is 245 Å². The molecule has 2 aliphatic heterocycles. The van der Waals surface area contributed by atoms with Crippen molar-refractivity contribution in [2.45, 2.75) is 75.5 Å². The Kier molecular flexibility index (Phi) is 6.62. The van der Waals surface area contributed by atoms with Gasteiger partial charge < -0.3 is 16.0 Å². The van der Waals surface area contributed by atoms with Crippen molar-refractivity contribution in [1.82, 2.24) is 29.0 Å². The maximum atomic E-state index is 13.7. The number of carbonyl (C=O) groups is 2. The number of hydrogen-bond acceptors (Lipinski definition) is 6. The van der Waals surface area contributed by atoms with Gasteiger partial charge in [0.25, 0.3) is 5.91 Å². The van der Waals surface area contributed by atoms with Gasteiger partial charge in [0.1, 0.15) is 28.5 Å². The Morgan fingerprint density at radius 3 is 2.53 bits per heavy atom. The minimum absolute atomic E-state index is 0.0389. The minimum Gasteiger partial charge on any atom is -0.382 e. The molecular weight excluding hydrogens is 561 g/mol. The van der Waals surface area contributed by atoms with Gasteiger partial charge in [0, 0.05) is 54.5 Å². The second-order valence-electron chi connectivity index (χ2n) is 11.7. The molecule has 1 aliphatic carbocycles. The number of aromatic nitrogens is 5. The highest BCUT2D eigenvalue weighted by Crippen LogP contribution is 2.39. The summed E-state index contributed by atoms with van der Waals surface area (Å²) in [7, 11) is 0. The van der Waals surface area contributed by atoms with Gasteiger partial charge in [-0.2, -0.15) is 18.3 Å². The largest absolute Gasteiger partial charge is 0.433 e. The van der Waals surface area contributed by atoms with E-state index in [1.807, 2.05) is 15.5 Å². The average Bonchev–Trinajstić information content (AvgIpc) is 3.79. The van der Waals surface area contributed by atoms with Gasteiger partial charge in [-0.1, -0.05) is 25.0 Å². The van der Waals surface area contributed by atoms with Gasteiger partial charge in [-0.25, -0.2) is 9.97 Å². The first-order valence-electron chi connectivity index (χ1n) is 14.7. The molecule has 0 radical (unpaired) electrons. The van der Waals surface area contributed by atoms with Crippen LogP contribution in [-0.2, 0) is 11.0 Å². The van der Waals surface area contributed by atoms with Gasteiger partial charge in [0.2, 0.25) is 5.91 Å². The van der Waals surface area contributed by atoms with Crippen LogP contribution in [0.1, 0.15) is 85.2 Å². The van der Waals surface area contributed by atoms with Gasteiger partial charge in [-0.3, -0.25) is 18.7 Å². The van der Waals surface area contributed by atoms with Crippen LogP contribution in [0.15, 0.2) is 42.7 Å². The molecule has 13 heteroatoms. The van der Waals surface area contributed by atoms with Crippen LogP contribution in [0.25, 0.3) is 16.8 Å². The number of nitrogen functional groups attached to an aromatic ring is 1. The number of piperidine rings is 1. The Balaban J connectivity index is 1.15. The van der Waals surface area contributed by atoms with E-state index in [0.29, 0.717) is 54.4 Å². The lowest BCUT2D eigenvalue weighted by atomic mass is 9.92. The number of rotatable bonds is 5. The Morgan fingerprint density at radius 1 is 1.02 bits per heavy atom. The van der Waals surface area contributed by atoms with Crippen LogP contribution in [0.4, 0.5) is 24.8 Å². The van der Waals surface area contributed by atoms with Crippen LogP contribution < -0.4 is 11.1 Å². The van der Waals surface area contributed by atoms with E-state index in [9.17, 15) is 22.8 Å². The third-order valence-electron chi connectivity index (χ3n) is 9.05. The zero-order valence-corrected chi connectivity index (χ0v) is 23.3. The molecule has 3 aromatic heterocycles. The lowest BCUT2D eigenvalue weighted by Gasteiger charge is -2.34. The van der Waals surface area contributed by atoms with Gasteiger partial charge in [-0.05, 0) is 44.2 Å². The number of benzene rings is 1. The Hall–Kier alpha value is -4.42. The molecule has 3 N–H and O–H groups in total. The number of amides is 2. The highest BCUT2D eigenvalue weighted by atomic mass is 19.4. The predicted molar refractivity (Wildman–Crippen MR) is 152 cm³/mol. The van der Waals surface area contributed by atoms with Crippen molar-refractivity contribution < 1.29 is 22.8 Å². The zero-order valence-electron chi connectivity index (χ0n) is 23.3. The fraction of sp³-hybridized carbons (Fsp3) is 0.433. The van der Waals surface area contributed by atoms with E-state index in [1.54, 1.807) is 30.5 Å². The first-order valence-corrected chi connectivity index (χ1v) is 14.7. The minimum atomic E-state index is -4.58. The normalized spacial score (nSPS) is 21.1. The van der Waals surface area contributed by atoms with Crippen molar-refractivity contribution in [2.75, 3.05) is 17.6 Å². The van der Waals surface area contributed by atoms with Crippen molar-refractivity contribution >= 4 is 29.0 Å². The van der Waals surface area contributed by atoms with E-state index < -0.39 is 17.8 Å². The molecule has 0 spiro atoms. The van der Waals surface area contributed by atoms with Crippen molar-refractivity contribution in [3.8, 4) is 11.3 Å². The molecule has 224 valence electrons. The smallest absolute Gasteiger partial charge is 0.382 e. The molecule has 10 nitrogen and oxygen atoms in total. The number of imidazole rings is 1. The second kappa shape index (κ2) is 10.4. The number of fused-ring (bicyclic) bond motifs is 2. The van der Waals surface area contributed by atoms with E-state index in [1.165, 1.54) is 0 Å². The average molecular weight is 593 g/mol. The molecule has 3 aliphatic rings. The molecule has 2 atom stereocenters. The molecule has 0 bridgehead atoms. The summed E-state index contributed by atoms with van der Waals surface area (Å²) < 4.78 is 44.1. The Morgan fingerprint density at radius 2 is 1.79 bits per heavy atom. The molecule has 2 saturated heterocycles. The summed E-state index contributed by atoms with van der Waals surface area (Å²) in [5, 5.41) is 6.64. The molecule has 43 heavy (non-hydrogen) atoms. The number of hydrogen-bond donors (Lipinski definition) is 2. The highest BCUT2D eigenvalue weighted by molar-refractivity contribution is 6.04. The monoisotopic (exact) mass is 592 g/mol. The third kappa shape index (κ3) is 4.90. The first kappa shape index (κ1) is 27.4. The topological polar surface area (TPSA) is 123 Å². The maximum Gasteiger partial charge on any atom is 0.433 e. The van der Waals surface area contributed by atoms with Gasteiger partial charge in [-0.15, -0.1) is 0 Å². The number of halogens is 3. The fourth-order valence-corrected chi connectivity index (χ4v) is 6.92. The van der Waals surface area contributed by atoms with Crippen LogP contribution in [-0.4, -0.2) is 53.5 Å². The predicted octanol–water partition coefficient (Wildman–Crippen LogP) is 5.43. The molecule has 2 unspecified atom stereocenters. The van der Waals surface area contributed by atoms with Gasteiger partial charge in [0.05, 0.1) is 6.04 Å². The molecule has 1 saturated carbocycles. The van der Waals surface area contributed by atoms with Crippen LogP contribution in [0.3, 0.4) is 0 Å². The summed E-state index contributed by atoms with van der Waals surface area (Å²) in [6, 6.07) is 7.51. The van der Waals surface area contributed by atoms with Crippen LogP contribution in [0.2, 0.25) is 0 Å². The zero-order chi connectivity index (χ0) is 29.9. The highest BCUT2D eigenvalue weighted by Gasteiger charge is 2.39. The molecule has 1 aromatic carbocycles. The summed E-state index contributed by atoms with van der Waals surface area (Å²) in [4.78, 5) is 36.7. The quantitative estimate of drug-likeness (QED) is 0.319. The molecule has 5 heterocycles. The third-order valence-corrected chi connectivity index (χ3v) is 9.05. The molecule has 3 fully saturated rings. The van der Waals surface area contributed by atoms with Gasteiger partial charge >= 0.3 is 6.18 Å². The van der Waals surface area contributed by atoms with E-state index in [-0.39, 0.29) is 29.2 Å². The number of anilines is 2. The lowest BCUT2D eigenvalue weighted by Crippen LogP contribution is -2.41. The summed E-state index contributed by atoms with van der Waals surface area (Å²) in [5.74, 6) is 0.630. The standard InChI is InChI=1S/C30H31F3N8O2/c31-30(32,33)22-15-23(38-41(22)21-3-1-2-4-21)36-29(43)18-7-5-17(6-8-18)25-26-27(34)35-13-14-39(26)28(37-25)19-9-10-20-11-12-24(42)40(20)16-19/h5-8,13-15,19-21H,1-4,9-12,16H2,(H2,34,35)(H,36,38,43). The van der Waals surface area contributed by atoms with Crippen LogP contribution >= 0.6 is 0 Å². The SMILES string of the molecule is Nc1nccn2c(C3CCC4CCC(=O)N4C3)nc(-c3ccc(C(=O)Nc4cc(C(F)(F)F)n(C5CCCC5)n4)cc3)c12. The summed E-state index contributed by atoms with van der Waals surface area (Å²) >= 11 is 0. The van der Waals surface area contributed by atoms with Crippen molar-refractivity contribution in [3.05, 3.63) is 59.8 Å². The van der Waals surface area contributed by atoms with Crippen molar-refractivity contribution in [2.24, 2.45) is 0 Å². The molecular formula is C30H31F3N8O2. The number of nitrogens with two attached hydrogens (primary N) is 1. The summed E-state index contributed by atoms with van der Waals surface area (Å²) in [5.41, 5.74) is 7.66. The number of nitrogens with one attached hydrogen (secondary N) is 1. The Bertz CT molecular complexity index is 1700. The van der Waals surface area contributed by atoms with E-state index >= 15 is 0 Å². The van der Waals surface area contributed by atoms with Gasteiger partial charge in [0.15, 0.2) is 5.82 Å². The van der Waals surface area contributed by atoms with E-state index in [0.717, 1.165) is 48.7 Å². The lowest BCUT2D eigenvalue weighted by molar-refractivity contribution is -0.145. The van der Waals surface area contributed by atoms with E-state index in [2.05, 4.69) is 15.4 Å². The van der Waals surface area contributed by atoms with Crippen molar-refractivity contribution in [1.29, 1.82) is 0 Å². The first-order chi connectivity index (χ1) is 20.7.